The fourth-order valence-electron chi connectivity index (χ4n) is 3.74. The highest BCUT2D eigenvalue weighted by Gasteiger charge is 2.14. The number of hydrogen-bond donors (Lipinski definition) is 0. The van der Waals surface area contributed by atoms with E-state index in [9.17, 15) is 9.59 Å². The number of ether oxygens (including phenoxy) is 1. The van der Waals surface area contributed by atoms with Crippen LogP contribution in [0.15, 0.2) is 113 Å². The van der Waals surface area contributed by atoms with Crippen LogP contribution in [0.25, 0.3) is 22.3 Å². The highest BCUT2D eigenvalue weighted by molar-refractivity contribution is 5.93. The molecule has 0 N–H and O–H groups in total. The molecule has 4 aromatic carbocycles. The Morgan fingerprint density at radius 1 is 0.886 bits per heavy atom. The summed E-state index contributed by atoms with van der Waals surface area (Å²) in [7, 11) is 0. The summed E-state index contributed by atoms with van der Waals surface area (Å²) in [5, 5.41) is 4.94. The van der Waals surface area contributed by atoms with Crippen LogP contribution in [0.1, 0.15) is 21.5 Å². The Morgan fingerprint density at radius 3 is 2.46 bits per heavy atom. The standard InChI is InChI=1S/C29H21N3O3/c1-20-10-9-14-22(18-20)29(34)35-26-17-8-5-13-23(26)19-30-32-27(21-11-3-2-4-12-21)31-25-16-7-6-15-24(25)28(32)33/h2-19H,1H3. The zero-order chi connectivity index (χ0) is 24.2. The number of rotatable bonds is 5. The van der Waals surface area contributed by atoms with Crippen molar-refractivity contribution in [1.82, 2.24) is 9.66 Å². The van der Waals surface area contributed by atoms with E-state index in [1.807, 2.05) is 61.5 Å². The van der Waals surface area contributed by atoms with Gasteiger partial charge in [-0.15, -0.1) is 0 Å². The van der Waals surface area contributed by atoms with Gasteiger partial charge in [0.25, 0.3) is 5.56 Å². The van der Waals surface area contributed by atoms with Crippen molar-refractivity contribution < 1.29 is 9.53 Å². The minimum atomic E-state index is -0.468. The molecule has 5 rings (SSSR count). The first-order valence-electron chi connectivity index (χ1n) is 11.1. The minimum Gasteiger partial charge on any atom is -0.422 e. The van der Waals surface area contributed by atoms with E-state index < -0.39 is 5.97 Å². The molecule has 6 heteroatoms. The Bertz CT molecular complexity index is 1620. The lowest BCUT2D eigenvalue weighted by molar-refractivity contribution is 0.0734. The number of carbonyl (C=O) groups excluding carboxylic acids is 1. The molecule has 0 radical (unpaired) electrons. The molecule has 0 atom stereocenters. The molecule has 0 fully saturated rings. The van der Waals surface area contributed by atoms with Gasteiger partial charge in [0.15, 0.2) is 5.82 Å². The van der Waals surface area contributed by atoms with Gasteiger partial charge in [-0.25, -0.2) is 9.78 Å². The number of para-hydroxylation sites is 2. The predicted octanol–water partition coefficient (Wildman–Crippen LogP) is 5.47. The Balaban J connectivity index is 1.56. The second kappa shape index (κ2) is 9.57. The van der Waals surface area contributed by atoms with E-state index in [4.69, 9.17) is 9.72 Å². The third-order valence-electron chi connectivity index (χ3n) is 5.47. The van der Waals surface area contributed by atoms with Crippen molar-refractivity contribution in [2.24, 2.45) is 5.10 Å². The molecule has 0 aliphatic heterocycles. The quantitative estimate of drug-likeness (QED) is 0.198. The molecule has 0 bridgehead atoms. The number of aryl methyl sites for hydroxylation is 1. The number of esters is 1. The zero-order valence-corrected chi connectivity index (χ0v) is 19.0. The Kier molecular flexibility index (Phi) is 6.01. The van der Waals surface area contributed by atoms with Crippen molar-refractivity contribution in [3.8, 4) is 17.1 Å². The molecule has 0 aliphatic carbocycles. The average molecular weight is 460 g/mol. The highest BCUT2D eigenvalue weighted by Crippen LogP contribution is 2.21. The van der Waals surface area contributed by atoms with E-state index in [1.54, 1.807) is 48.5 Å². The van der Waals surface area contributed by atoms with Gasteiger partial charge in [0.1, 0.15) is 5.75 Å². The highest BCUT2D eigenvalue weighted by atomic mass is 16.5. The summed E-state index contributed by atoms with van der Waals surface area (Å²) >= 11 is 0. The predicted molar refractivity (Wildman–Crippen MR) is 137 cm³/mol. The van der Waals surface area contributed by atoms with Crippen molar-refractivity contribution in [3.63, 3.8) is 0 Å². The molecular formula is C29H21N3O3. The van der Waals surface area contributed by atoms with Gasteiger partial charge in [0, 0.05) is 11.1 Å². The summed E-state index contributed by atoms with van der Waals surface area (Å²) in [6, 6.07) is 30.8. The summed E-state index contributed by atoms with van der Waals surface area (Å²) in [6.45, 7) is 1.91. The van der Waals surface area contributed by atoms with E-state index in [2.05, 4.69) is 5.10 Å². The zero-order valence-electron chi connectivity index (χ0n) is 19.0. The monoisotopic (exact) mass is 459 g/mol. The van der Waals surface area contributed by atoms with Crippen molar-refractivity contribution in [2.45, 2.75) is 6.92 Å². The number of fused-ring (bicyclic) bond motifs is 1. The summed E-state index contributed by atoms with van der Waals surface area (Å²) in [5.74, 6) is 0.287. The van der Waals surface area contributed by atoms with Gasteiger partial charge in [-0.3, -0.25) is 4.79 Å². The molecule has 0 saturated carbocycles. The Hall–Kier alpha value is -4.84. The van der Waals surface area contributed by atoms with Gasteiger partial charge in [0.05, 0.1) is 22.7 Å². The van der Waals surface area contributed by atoms with Crippen molar-refractivity contribution in [2.75, 3.05) is 0 Å². The molecule has 0 unspecified atom stereocenters. The summed E-state index contributed by atoms with van der Waals surface area (Å²) in [5.41, 5.74) is 3.03. The number of carbonyl (C=O) groups is 1. The van der Waals surface area contributed by atoms with E-state index in [1.165, 1.54) is 10.9 Å². The second-order valence-electron chi connectivity index (χ2n) is 7.98. The van der Waals surface area contributed by atoms with Gasteiger partial charge in [-0.2, -0.15) is 9.78 Å². The molecule has 0 amide bonds. The number of aromatic nitrogens is 2. The topological polar surface area (TPSA) is 73.5 Å². The average Bonchev–Trinajstić information content (AvgIpc) is 2.89. The maximum absolute atomic E-state index is 13.3. The SMILES string of the molecule is Cc1cccc(C(=O)Oc2ccccc2C=Nn2c(-c3ccccc3)nc3ccccc3c2=O)c1. The second-order valence-corrected chi connectivity index (χ2v) is 7.98. The van der Waals surface area contributed by atoms with E-state index >= 15 is 0 Å². The lowest BCUT2D eigenvalue weighted by Gasteiger charge is -2.10. The van der Waals surface area contributed by atoms with Crippen LogP contribution in [0.3, 0.4) is 0 Å². The smallest absolute Gasteiger partial charge is 0.343 e. The van der Waals surface area contributed by atoms with Crippen LogP contribution < -0.4 is 10.3 Å². The fourth-order valence-corrected chi connectivity index (χ4v) is 3.74. The lowest BCUT2D eigenvalue weighted by atomic mass is 10.1. The van der Waals surface area contributed by atoms with Crippen LogP contribution in [0, 0.1) is 6.92 Å². The van der Waals surface area contributed by atoms with Gasteiger partial charge in [-0.1, -0.05) is 72.3 Å². The van der Waals surface area contributed by atoms with Crippen molar-refractivity contribution in [1.29, 1.82) is 0 Å². The Labute approximate surface area is 201 Å². The van der Waals surface area contributed by atoms with Crippen LogP contribution >= 0.6 is 0 Å². The summed E-state index contributed by atoms with van der Waals surface area (Å²) < 4.78 is 6.93. The number of benzene rings is 4. The molecule has 35 heavy (non-hydrogen) atoms. The maximum atomic E-state index is 13.3. The van der Waals surface area contributed by atoms with Crippen molar-refractivity contribution in [3.05, 3.63) is 130 Å². The molecule has 1 aromatic heterocycles. The van der Waals surface area contributed by atoms with Crippen molar-refractivity contribution >= 4 is 23.1 Å². The molecule has 5 aromatic rings. The molecule has 0 aliphatic rings. The molecule has 6 nitrogen and oxygen atoms in total. The van der Waals surface area contributed by atoms with Crippen LogP contribution in [-0.4, -0.2) is 21.8 Å². The summed E-state index contributed by atoms with van der Waals surface area (Å²) in [4.78, 5) is 30.7. The molecule has 170 valence electrons. The van der Waals surface area contributed by atoms with Crippen LogP contribution in [0.2, 0.25) is 0 Å². The van der Waals surface area contributed by atoms with Gasteiger partial charge < -0.3 is 4.74 Å². The normalized spacial score (nSPS) is 11.1. The fraction of sp³-hybridized carbons (Fsp3) is 0.0345. The number of hydrogen-bond acceptors (Lipinski definition) is 5. The first-order chi connectivity index (χ1) is 17.1. The van der Waals surface area contributed by atoms with Gasteiger partial charge in [0.2, 0.25) is 0 Å². The minimum absolute atomic E-state index is 0.292. The van der Waals surface area contributed by atoms with Crippen LogP contribution in [-0.2, 0) is 0 Å². The van der Waals surface area contributed by atoms with Gasteiger partial charge in [-0.05, 0) is 43.3 Å². The van der Waals surface area contributed by atoms with E-state index in [0.29, 0.717) is 33.6 Å². The van der Waals surface area contributed by atoms with Gasteiger partial charge >= 0.3 is 5.97 Å². The third kappa shape index (κ3) is 4.63. The first-order valence-corrected chi connectivity index (χ1v) is 11.1. The maximum Gasteiger partial charge on any atom is 0.343 e. The van der Waals surface area contributed by atoms with Crippen LogP contribution in [0.4, 0.5) is 0 Å². The largest absolute Gasteiger partial charge is 0.422 e. The molecule has 1 heterocycles. The Morgan fingerprint density at radius 2 is 1.63 bits per heavy atom. The number of nitrogens with zero attached hydrogens (tertiary/aromatic N) is 3. The third-order valence-corrected chi connectivity index (χ3v) is 5.47. The van der Waals surface area contributed by atoms with E-state index in [0.717, 1.165) is 11.1 Å². The van der Waals surface area contributed by atoms with E-state index in [-0.39, 0.29) is 5.56 Å². The summed E-state index contributed by atoms with van der Waals surface area (Å²) in [6.07, 6.45) is 1.50. The van der Waals surface area contributed by atoms with Crippen LogP contribution in [0.5, 0.6) is 5.75 Å². The lowest BCUT2D eigenvalue weighted by Crippen LogP contribution is -2.20. The molecular weight excluding hydrogens is 438 g/mol. The molecule has 0 spiro atoms. The molecule has 0 saturated heterocycles. The first kappa shape index (κ1) is 22.0.